The number of aliphatic hydroxyl groups is 1. The predicted octanol–water partition coefficient (Wildman–Crippen LogP) is 2.35. The third-order valence-electron chi connectivity index (χ3n) is 3.21. The number of piperidine rings is 1. The highest BCUT2D eigenvalue weighted by atomic mass is 79.9. The molecule has 1 atom stereocenters. The second kappa shape index (κ2) is 5.58. The van der Waals surface area contributed by atoms with E-state index in [0.717, 1.165) is 27.9 Å². The van der Waals surface area contributed by atoms with Gasteiger partial charge in [-0.2, -0.15) is 4.31 Å². The van der Waals surface area contributed by atoms with E-state index >= 15 is 0 Å². The highest BCUT2D eigenvalue weighted by Crippen LogP contribution is 2.33. The van der Waals surface area contributed by atoms with Crippen molar-refractivity contribution in [3.63, 3.8) is 0 Å². The summed E-state index contributed by atoms with van der Waals surface area (Å²) in [6.07, 6.45) is 2.57. The fourth-order valence-corrected chi connectivity index (χ4v) is 6.36. The zero-order valence-corrected chi connectivity index (χ0v) is 13.3. The van der Waals surface area contributed by atoms with Gasteiger partial charge in [0.1, 0.15) is 0 Å². The Kier molecular flexibility index (Phi) is 4.48. The maximum atomic E-state index is 12.6. The Morgan fingerprint density at radius 3 is 2.83 bits per heavy atom. The number of hydrogen-bond acceptors (Lipinski definition) is 4. The quantitative estimate of drug-likeness (QED) is 0.907. The molecule has 1 unspecified atom stereocenters. The molecule has 1 N–H and O–H groups in total. The molecule has 1 aliphatic heterocycles. The molecular weight excluding hydrogens is 338 g/mol. The molecule has 2 rings (SSSR count). The van der Waals surface area contributed by atoms with Crippen molar-refractivity contribution in [3.8, 4) is 0 Å². The van der Waals surface area contributed by atoms with Crippen LogP contribution >= 0.6 is 27.3 Å². The first-order chi connectivity index (χ1) is 8.46. The van der Waals surface area contributed by atoms with E-state index in [1.807, 2.05) is 0 Å². The van der Waals surface area contributed by atoms with E-state index in [9.17, 15) is 13.5 Å². The summed E-state index contributed by atoms with van der Waals surface area (Å²) in [6, 6.07) is 1.38. The molecule has 1 aliphatic rings. The molecule has 2 heterocycles. The summed E-state index contributed by atoms with van der Waals surface area (Å²) >= 11 is 4.74. The number of hydrogen-bond donors (Lipinski definition) is 1. The fourth-order valence-electron chi connectivity index (χ4n) is 2.29. The molecule has 1 aromatic rings. The number of aryl methyl sites for hydroxylation is 1. The van der Waals surface area contributed by atoms with Crippen molar-refractivity contribution in [2.75, 3.05) is 13.2 Å². The number of halogens is 1. The van der Waals surface area contributed by atoms with Crippen LogP contribution in [0.1, 0.15) is 24.1 Å². The van der Waals surface area contributed by atoms with Crippen LogP contribution in [0.25, 0.3) is 0 Å². The minimum Gasteiger partial charge on any atom is -0.395 e. The van der Waals surface area contributed by atoms with E-state index < -0.39 is 10.0 Å². The first-order valence-corrected chi connectivity index (χ1v) is 8.90. The van der Waals surface area contributed by atoms with Crippen molar-refractivity contribution in [2.24, 2.45) is 0 Å². The minimum atomic E-state index is -3.48. The average molecular weight is 354 g/mol. The maximum absolute atomic E-state index is 12.6. The normalized spacial score (nSPS) is 22.3. The molecule has 0 radical (unpaired) electrons. The van der Waals surface area contributed by atoms with Crippen molar-refractivity contribution in [3.05, 3.63) is 14.7 Å². The summed E-state index contributed by atoms with van der Waals surface area (Å²) < 4.78 is 27.5. The number of sulfonamides is 1. The zero-order chi connectivity index (χ0) is 13.3. The number of nitrogens with zero attached hydrogens (tertiary/aromatic N) is 1. The van der Waals surface area contributed by atoms with Gasteiger partial charge in [-0.05, 0) is 41.8 Å². The summed E-state index contributed by atoms with van der Waals surface area (Å²) in [6.45, 7) is 2.20. The molecule has 18 heavy (non-hydrogen) atoms. The molecule has 102 valence electrons. The van der Waals surface area contributed by atoms with Crippen molar-refractivity contribution in [2.45, 2.75) is 37.1 Å². The summed E-state index contributed by atoms with van der Waals surface area (Å²) in [5.74, 6) is 0. The van der Waals surface area contributed by atoms with E-state index in [4.69, 9.17) is 0 Å². The van der Waals surface area contributed by atoms with Crippen LogP contribution in [0.3, 0.4) is 0 Å². The highest BCUT2D eigenvalue weighted by Gasteiger charge is 2.34. The molecule has 4 nitrogen and oxygen atoms in total. The molecule has 0 aliphatic carbocycles. The smallest absolute Gasteiger partial charge is 0.244 e. The van der Waals surface area contributed by atoms with Crippen LogP contribution in [-0.4, -0.2) is 37.0 Å². The van der Waals surface area contributed by atoms with Gasteiger partial charge in [0.05, 0.1) is 15.3 Å². The first kappa shape index (κ1) is 14.5. The molecule has 0 spiro atoms. The van der Waals surface area contributed by atoms with Crippen LogP contribution in [-0.2, 0) is 10.0 Å². The van der Waals surface area contributed by atoms with Gasteiger partial charge in [-0.15, -0.1) is 11.3 Å². The third kappa shape index (κ3) is 2.65. The van der Waals surface area contributed by atoms with Gasteiger partial charge in [0.2, 0.25) is 10.0 Å². The summed E-state index contributed by atoms with van der Waals surface area (Å²) in [7, 11) is -3.48. The van der Waals surface area contributed by atoms with E-state index in [2.05, 4.69) is 15.9 Å². The van der Waals surface area contributed by atoms with Gasteiger partial charge in [-0.3, -0.25) is 0 Å². The van der Waals surface area contributed by atoms with Crippen molar-refractivity contribution >= 4 is 37.3 Å². The molecule has 0 amide bonds. The molecule has 1 fully saturated rings. The Bertz CT molecular complexity index is 526. The zero-order valence-electron chi connectivity index (χ0n) is 10.1. The maximum Gasteiger partial charge on any atom is 0.244 e. The molecule has 1 saturated heterocycles. The van der Waals surface area contributed by atoms with Crippen LogP contribution < -0.4 is 0 Å². The van der Waals surface area contributed by atoms with Crippen LogP contribution in [0.5, 0.6) is 0 Å². The van der Waals surface area contributed by atoms with Gasteiger partial charge in [0.25, 0.3) is 0 Å². The third-order valence-corrected chi connectivity index (χ3v) is 6.97. The summed E-state index contributed by atoms with van der Waals surface area (Å²) in [5, 5.41) is 9.33. The van der Waals surface area contributed by atoms with Gasteiger partial charge in [-0.1, -0.05) is 6.42 Å². The summed E-state index contributed by atoms with van der Waals surface area (Å²) in [4.78, 5) is 1.14. The lowest BCUT2D eigenvalue weighted by atomic mass is 10.1. The predicted molar refractivity (Wildman–Crippen MR) is 75.4 cm³/mol. The molecule has 1 aromatic heterocycles. The van der Waals surface area contributed by atoms with Crippen molar-refractivity contribution < 1.29 is 13.5 Å². The topological polar surface area (TPSA) is 57.6 Å². The minimum absolute atomic E-state index is 0.108. The number of rotatable bonds is 3. The van der Waals surface area contributed by atoms with E-state index in [1.165, 1.54) is 15.6 Å². The highest BCUT2D eigenvalue weighted by molar-refractivity contribution is 9.11. The van der Waals surface area contributed by atoms with E-state index in [-0.39, 0.29) is 12.6 Å². The lowest BCUT2D eigenvalue weighted by molar-refractivity contribution is 0.155. The number of aliphatic hydroxyl groups excluding tert-OH is 1. The lowest BCUT2D eigenvalue weighted by Gasteiger charge is -2.33. The molecule has 0 aromatic carbocycles. The van der Waals surface area contributed by atoms with Crippen molar-refractivity contribution in [1.29, 1.82) is 0 Å². The molecule has 7 heteroatoms. The second-order valence-corrected chi connectivity index (χ2v) is 8.91. The number of thiophene rings is 1. The standard InChI is InChI=1S/C11H16BrNO3S2/c1-8-10(6-11(12)17-8)18(15,16)13-5-3-2-4-9(13)7-14/h6,9,14H,2-5,7H2,1H3. The average Bonchev–Trinajstić information content (AvgIpc) is 2.69. The second-order valence-electron chi connectivity index (χ2n) is 4.42. The van der Waals surface area contributed by atoms with Crippen LogP contribution in [0.15, 0.2) is 14.7 Å². The summed E-state index contributed by atoms with van der Waals surface area (Å²) in [5.41, 5.74) is 0. The Morgan fingerprint density at radius 1 is 1.56 bits per heavy atom. The van der Waals surface area contributed by atoms with Gasteiger partial charge in [0, 0.05) is 17.5 Å². The van der Waals surface area contributed by atoms with Gasteiger partial charge >= 0.3 is 0 Å². The Hall–Kier alpha value is 0.0500. The molecule has 0 saturated carbocycles. The van der Waals surface area contributed by atoms with Gasteiger partial charge in [-0.25, -0.2) is 8.42 Å². The Labute approximate surface area is 120 Å². The Balaban J connectivity index is 2.38. The molecule has 0 bridgehead atoms. The van der Waals surface area contributed by atoms with Crippen LogP contribution in [0.4, 0.5) is 0 Å². The monoisotopic (exact) mass is 353 g/mol. The first-order valence-electron chi connectivity index (χ1n) is 5.85. The lowest BCUT2D eigenvalue weighted by Crippen LogP contribution is -2.45. The van der Waals surface area contributed by atoms with Gasteiger partial charge < -0.3 is 5.11 Å². The van der Waals surface area contributed by atoms with Gasteiger partial charge in [0.15, 0.2) is 0 Å². The SMILES string of the molecule is Cc1sc(Br)cc1S(=O)(=O)N1CCCCC1CO. The van der Waals surface area contributed by atoms with Crippen LogP contribution in [0.2, 0.25) is 0 Å². The van der Waals surface area contributed by atoms with E-state index in [0.29, 0.717) is 11.4 Å². The molecular formula is C11H16BrNO3S2. The van der Waals surface area contributed by atoms with Crippen molar-refractivity contribution in [1.82, 2.24) is 4.31 Å². The largest absolute Gasteiger partial charge is 0.395 e. The fraction of sp³-hybridized carbons (Fsp3) is 0.636. The van der Waals surface area contributed by atoms with E-state index in [1.54, 1.807) is 13.0 Å². The Morgan fingerprint density at radius 2 is 2.28 bits per heavy atom. The van der Waals surface area contributed by atoms with Crippen LogP contribution in [0, 0.1) is 6.92 Å².